The second kappa shape index (κ2) is 7.59. The molecule has 3 rings (SSSR count). The fraction of sp³-hybridized carbons (Fsp3) is 0.250. The van der Waals surface area contributed by atoms with Gasteiger partial charge in [0.25, 0.3) is 5.91 Å². The van der Waals surface area contributed by atoms with Gasteiger partial charge in [-0.2, -0.15) is 0 Å². The molecule has 1 saturated heterocycles. The van der Waals surface area contributed by atoms with Crippen LogP contribution in [-0.2, 0) is 15.1 Å². The van der Waals surface area contributed by atoms with E-state index in [1.54, 1.807) is 48.5 Å². The highest BCUT2D eigenvalue weighted by Crippen LogP contribution is 2.35. The lowest BCUT2D eigenvalue weighted by molar-refractivity contribution is -0.134. The SMILES string of the molecule is CC(O)CNC(=O)CN1C(=O)NC(c2ccccc2)(c2ccccc2)C1=O. The molecule has 1 heterocycles. The fourth-order valence-corrected chi connectivity index (χ4v) is 3.11. The zero-order valence-electron chi connectivity index (χ0n) is 14.9. The molecule has 1 unspecified atom stereocenters. The lowest BCUT2D eigenvalue weighted by atomic mass is 9.82. The van der Waals surface area contributed by atoms with Crippen LogP contribution in [0.3, 0.4) is 0 Å². The van der Waals surface area contributed by atoms with Gasteiger partial charge in [0.15, 0.2) is 5.54 Å². The van der Waals surface area contributed by atoms with E-state index in [9.17, 15) is 19.5 Å². The van der Waals surface area contributed by atoms with Crippen molar-refractivity contribution >= 4 is 17.8 Å². The first kappa shape index (κ1) is 18.6. The summed E-state index contributed by atoms with van der Waals surface area (Å²) >= 11 is 0. The predicted molar refractivity (Wildman–Crippen MR) is 98.6 cm³/mol. The van der Waals surface area contributed by atoms with Gasteiger partial charge in [0.1, 0.15) is 6.54 Å². The molecule has 0 radical (unpaired) electrons. The molecule has 0 spiro atoms. The average molecular weight is 367 g/mol. The van der Waals surface area contributed by atoms with Crippen molar-refractivity contribution in [2.75, 3.05) is 13.1 Å². The average Bonchev–Trinajstić information content (AvgIpc) is 2.93. The number of amides is 4. The van der Waals surface area contributed by atoms with Gasteiger partial charge in [-0.3, -0.25) is 14.5 Å². The molecule has 7 nitrogen and oxygen atoms in total. The Morgan fingerprint density at radius 3 is 2.07 bits per heavy atom. The molecule has 3 N–H and O–H groups in total. The maximum absolute atomic E-state index is 13.3. The minimum atomic E-state index is -1.38. The van der Waals surface area contributed by atoms with Crippen LogP contribution in [0, 0.1) is 0 Å². The lowest BCUT2D eigenvalue weighted by Gasteiger charge is -2.28. The Morgan fingerprint density at radius 1 is 1.07 bits per heavy atom. The van der Waals surface area contributed by atoms with Gasteiger partial charge in [0.05, 0.1) is 6.10 Å². The van der Waals surface area contributed by atoms with Crippen molar-refractivity contribution in [3.05, 3.63) is 71.8 Å². The van der Waals surface area contributed by atoms with Gasteiger partial charge < -0.3 is 15.7 Å². The van der Waals surface area contributed by atoms with E-state index >= 15 is 0 Å². The smallest absolute Gasteiger partial charge is 0.326 e. The molecule has 1 fully saturated rings. The zero-order chi connectivity index (χ0) is 19.4. The van der Waals surface area contributed by atoms with E-state index in [4.69, 9.17) is 0 Å². The number of nitrogens with zero attached hydrogens (tertiary/aromatic N) is 1. The van der Waals surface area contributed by atoms with Crippen LogP contribution in [0.4, 0.5) is 4.79 Å². The largest absolute Gasteiger partial charge is 0.392 e. The van der Waals surface area contributed by atoms with Gasteiger partial charge in [0, 0.05) is 6.54 Å². The van der Waals surface area contributed by atoms with Crippen molar-refractivity contribution in [1.82, 2.24) is 15.5 Å². The quantitative estimate of drug-likeness (QED) is 0.663. The molecule has 0 bridgehead atoms. The van der Waals surface area contributed by atoms with Crippen LogP contribution in [0.5, 0.6) is 0 Å². The summed E-state index contributed by atoms with van der Waals surface area (Å²) in [4.78, 5) is 38.9. The standard InChI is InChI=1S/C20H21N3O4/c1-14(24)12-21-17(25)13-23-18(26)20(22-19(23)27,15-8-4-2-5-9-15)16-10-6-3-7-11-16/h2-11,14,24H,12-13H2,1H3,(H,21,25)(H,22,27). The van der Waals surface area contributed by atoms with E-state index in [0.717, 1.165) is 4.90 Å². The Labute approximate surface area is 157 Å². The van der Waals surface area contributed by atoms with Crippen molar-refractivity contribution in [3.8, 4) is 0 Å². The number of hydrogen-bond acceptors (Lipinski definition) is 4. The summed E-state index contributed by atoms with van der Waals surface area (Å²) < 4.78 is 0. The van der Waals surface area contributed by atoms with Gasteiger partial charge in [-0.15, -0.1) is 0 Å². The molecule has 1 aliphatic heterocycles. The summed E-state index contributed by atoms with van der Waals surface area (Å²) in [6.07, 6.45) is -0.718. The Morgan fingerprint density at radius 2 is 1.59 bits per heavy atom. The van der Waals surface area contributed by atoms with Gasteiger partial charge in [-0.25, -0.2) is 4.79 Å². The van der Waals surface area contributed by atoms with Gasteiger partial charge in [0.2, 0.25) is 5.91 Å². The lowest BCUT2D eigenvalue weighted by Crippen LogP contribution is -2.46. The van der Waals surface area contributed by atoms with Crippen molar-refractivity contribution < 1.29 is 19.5 Å². The molecular formula is C20H21N3O4. The molecule has 140 valence electrons. The zero-order valence-corrected chi connectivity index (χ0v) is 14.9. The van der Waals surface area contributed by atoms with E-state index in [1.165, 1.54) is 6.92 Å². The summed E-state index contributed by atoms with van der Waals surface area (Å²) in [5.74, 6) is -1.03. The molecule has 1 atom stereocenters. The maximum atomic E-state index is 13.3. The fourth-order valence-electron chi connectivity index (χ4n) is 3.11. The molecule has 1 aliphatic rings. The van der Waals surface area contributed by atoms with E-state index < -0.39 is 36.0 Å². The molecule has 0 aliphatic carbocycles. The van der Waals surface area contributed by atoms with Crippen LogP contribution in [-0.4, -0.2) is 47.0 Å². The number of carbonyl (C=O) groups excluding carboxylic acids is 3. The molecule has 27 heavy (non-hydrogen) atoms. The monoisotopic (exact) mass is 367 g/mol. The van der Waals surface area contributed by atoms with Crippen LogP contribution in [0.2, 0.25) is 0 Å². The molecular weight excluding hydrogens is 346 g/mol. The highest BCUT2D eigenvalue weighted by Gasteiger charge is 2.53. The molecule has 2 aromatic carbocycles. The van der Waals surface area contributed by atoms with Gasteiger partial charge in [-0.1, -0.05) is 60.7 Å². The first-order chi connectivity index (χ1) is 12.9. The van der Waals surface area contributed by atoms with E-state index in [1.807, 2.05) is 12.1 Å². The topological polar surface area (TPSA) is 98.7 Å². The van der Waals surface area contributed by atoms with Crippen molar-refractivity contribution in [2.45, 2.75) is 18.6 Å². The minimum absolute atomic E-state index is 0.0466. The number of hydrogen-bond donors (Lipinski definition) is 3. The van der Waals surface area contributed by atoms with Crippen molar-refractivity contribution in [3.63, 3.8) is 0 Å². The second-order valence-corrected chi connectivity index (χ2v) is 6.46. The Bertz CT molecular complexity index is 797. The van der Waals surface area contributed by atoms with Crippen molar-refractivity contribution in [2.24, 2.45) is 0 Å². The van der Waals surface area contributed by atoms with E-state index in [0.29, 0.717) is 11.1 Å². The molecule has 0 aromatic heterocycles. The van der Waals surface area contributed by atoms with Crippen molar-refractivity contribution in [1.29, 1.82) is 0 Å². The number of urea groups is 1. The summed E-state index contributed by atoms with van der Waals surface area (Å²) in [5.41, 5.74) is -0.160. The van der Waals surface area contributed by atoms with E-state index in [2.05, 4.69) is 10.6 Å². The third-order valence-electron chi connectivity index (χ3n) is 4.42. The highest BCUT2D eigenvalue weighted by atomic mass is 16.3. The summed E-state index contributed by atoms with van der Waals surface area (Å²) in [7, 11) is 0. The van der Waals surface area contributed by atoms with Crippen LogP contribution < -0.4 is 10.6 Å². The normalized spacial score (nSPS) is 16.7. The molecule has 2 aromatic rings. The molecule has 0 saturated carbocycles. The first-order valence-electron chi connectivity index (χ1n) is 8.65. The first-order valence-corrected chi connectivity index (χ1v) is 8.65. The summed E-state index contributed by atoms with van der Waals surface area (Å²) in [6, 6.07) is 17.2. The number of rotatable bonds is 6. The third kappa shape index (κ3) is 3.54. The van der Waals surface area contributed by atoms with Gasteiger partial charge in [-0.05, 0) is 18.1 Å². The predicted octanol–water partition coefficient (Wildman–Crippen LogP) is 0.979. The summed E-state index contributed by atoms with van der Waals surface area (Å²) in [5, 5.41) is 14.5. The number of carbonyl (C=O) groups is 3. The van der Waals surface area contributed by atoms with E-state index in [-0.39, 0.29) is 6.54 Å². The second-order valence-electron chi connectivity index (χ2n) is 6.46. The number of imide groups is 1. The maximum Gasteiger partial charge on any atom is 0.326 e. The number of nitrogens with one attached hydrogen (secondary N) is 2. The van der Waals surface area contributed by atoms with Gasteiger partial charge >= 0.3 is 6.03 Å². The molecule has 7 heteroatoms. The van der Waals surface area contributed by atoms with Crippen LogP contribution in [0.15, 0.2) is 60.7 Å². The molecule has 4 amide bonds. The summed E-state index contributed by atoms with van der Waals surface area (Å²) in [6.45, 7) is 1.16. The van der Waals surface area contributed by atoms with Crippen LogP contribution in [0.1, 0.15) is 18.1 Å². The Balaban J connectivity index is 1.95. The van der Waals surface area contributed by atoms with Crippen LogP contribution >= 0.6 is 0 Å². The Hall–Kier alpha value is -3.19. The Kier molecular flexibility index (Phi) is 5.23. The van der Waals surface area contributed by atoms with Crippen LogP contribution in [0.25, 0.3) is 0 Å². The minimum Gasteiger partial charge on any atom is -0.392 e. The number of benzene rings is 2. The number of aliphatic hydroxyl groups is 1. The third-order valence-corrected chi connectivity index (χ3v) is 4.42. The number of aliphatic hydroxyl groups excluding tert-OH is 1. The highest BCUT2D eigenvalue weighted by molar-refractivity contribution is 6.11.